The quantitative estimate of drug-likeness (QED) is 0.531. The number of benzene rings is 1. The second kappa shape index (κ2) is 7.51. The molecule has 0 spiro atoms. The minimum absolute atomic E-state index is 0.309. The van der Waals surface area contributed by atoms with Crippen LogP contribution in [0.1, 0.15) is 13.3 Å². The van der Waals surface area contributed by atoms with E-state index in [1.165, 1.54) is 0 Å². The molecule has 0 amide bonds. The third-order valence-corrected chi connectivity index (χ3v) is 5.19. The Hall–Kier alpha value is -3.07. The highest BCUT2D eigenvalue weighted by Gasteiger charge is 2.24. The Labute approximate surface area is 163 Å². The van der Waals surface area contributed by atoms with Crippen molar-refractivity contribution in [2.45, 2.75) is 19.4 Å². The van der Waals surface area contributed by atoms with Crippen LogP contribution in [0, 0.1) is 0 Å². The molecule has 9 heteroatoms. The van der Waals surface area contributed by atoms with E-state index in [0.717, 1.165) is 46.6 Å². The van der Waals surface area contributed by atoms with E-state index in [1.807, 2.05) is 32.3 Å². The van der Waals surface area contributed by atoms with E-state index in [4.69, 9.17) is 15.5 Å². The molecule has 1 fully saturated rings. The lowest BCUT2D eigenvalue weighted by Crippen LogP contribution is -2.45. The van der Waals surface area contributed by atoms with Gasteiger partial charge in [-0.15, -0.1) is 0 Å². The van der Waals surface area contributed by atoms with Gasteiger partial charge in [-0.1, -0.05) is 6.92 Å². The number of nitrogens with one attached hydrogen (secondary N) is 3. The number of anilines is 4. The van der Waals surface area contributed by atoms with Crippen LogP contribution in [0.2, 0.25) is 0 Å². The normalized spacial score (nSPS) is 17.1. The number of hydrogen-bond donors (Lipinski definition) is 4. The van der Waals surface area contributed by atoms with Gasteiger partial charge in [0.2, 0.25) is 5.95 Å². The lowest BCUT2D eigenvalue weighted by atomic mass is 10.1. The zero-order valence-corrected chi connectivity index (χ0v) is 16.4. The van der Waals surface area contributed by atoms with Gasteiger partial charge in [0.05, 0.1) is 35.9 Å². The topological polar surface area (TPSA) is 117 Å². The van der Waals surface area contributed by atoms with Crippen LogP contribution in [0.3, 0.4) is 0 Å². The van der Waals surface area contributed by atoms with Gasteiger partial charge in [-0.25, -0.2) is 4.98 Å². The van der Waals surface area contributed by atoms with Crippen LogP contribution < -0.4 is 21.3 Å². The Kier molecular flexibility index (Phi) is 4.91. The molecular formula is C19H26N8O. The largest absolute Gasteiger partial charge is 0.387 e. The predicted molar refractivity (Wildman–Crippen MR) is 113 cm³/mol. The highest BCUT2D eigenvalue weighted by Crippen LogP contribution is 2.34. The number of fused-ring (bicyclic) bond motifs is 1. The van der Waals surface area contributed by atoms with Crippen molar-refractivity contribution in [3.8, 4) is 11.3 Å². The molecule has 3 heterocycles. The first-order valence-electron chi connectivity index (χ1n) is 9.51. The van der Waals surface area contributed by atoms with Gasteiger partial charge in [-0.05, 0) is 18.6 Å². The molecule has 1 atom stereocenters. The number of aromatic nitrogens is 4. The van der Waals surface area contributed by atoms with Crippen LogP contribution in [0.4, 0.5) is 23.3 Å². The van der Waals surface area contributed by atoms with E-state index in [9.17, 15) is 0 Å². The Morgan fingerprint density at radius 3 is 2.86 bits per heavy atom. The molecule has 28 heavy (non-hydrogen) atoms. The van der Waals surface area contributed by atoms with Crippen molar-refractivity contribution in [3.63, 3.8) is 0 Å². The van der Waals surface area contributed by atoms with E-state index in [2.05, 4.69) is 37.6 Å². The maximum absolute atomic E-state index is 6.00. The second-order valence-corrected chi connectivity index (χ2v) is 6.82. The second-order valence-electron chi connectivity index (χ2n) is 6.82. The van der Waals surface area contributed by atoms with Gasteiger partial charge in [0.1, 0.15) is 5.82 Å². The number of nitrogen functional groups attached to an aromatic ring is 1. The van der Waals surface area contributed by atoms with Gasteiger partial charge in [0.15, 0.2) is 5.82 Å². The van der Waals surface area contributed by atoms with Crippen LogP contribution in [0.15, 0.2) is 18.2 Å². The minimum atomic E-state index is 0.309. The molecule has 3 aromatic rings. The summed E-state index contributed by atoms with van der Waals surface area (Å²) in [6, 6.07) is 6.40. The lowest BCUT2D eigenvalue weighted by Gasteiger charge is -2.36. The first-order chi connectivity index (χ1) is 13.6. The molecular weight excluding hydrogens is 356 g/mol. The summed E-state index contributed by atoms with van der Waals surface area (Å²) in [5.41, 5.74) is 9.57. The fourth-order valence-electron chi connectivity index (χ4n) is 3.66. The SMILES string of the molecule is CC[C@@H]1COCCN1c1cc(-c2cc(NC)c3c(N)n[nH]c3c2)nc(NC)n1. The van der Waals surface area contributed by atoms with Gasteiger partial charge in [-0.2, -0.15) is 10.1 Å². The third kappa shape index (κ3) is 3.18. The molecule has 0 unspecified atom stereocenters. The Bertz CT molecular complexity index is 985. The fourth-order valence-corrected chi connectivity index (χ4v) is 3.66. The summed E-state index contributed by atoms with van der Waals surface area (Å²) in [6.45, 7) is 4.40. The molecule has 1 aliphatic rings. The zero-order valence-electron chi connectivity index (χ0n) is 16.4. The van der Waals surface area contributed by atoms with Gasteiger partial charge in [-0.3, -0.25) is 5.10 Å². The average Bonchev–Trinajstić information content (AvgIpc) is 3.13. The van der Waals surface area contributed by atoms with Crippen LogP contribution in [-0.4, -0.2) is 60.1 Å². The fraction of sp³-hybridized carbons (Fsp3) is 0.421. The molecule has 9 nitrogen and oxygen atoms in total. The van der Waals surface area contributed by atoms with Crippen molar-refractivity contribution in [2.75, 3.05) is 55.1 Å². The highest BCUT2D eigenvalue weighted by atomic mass is 16.5. The monoisotopic (exact) mass is 382 g/mol. The van der Waals surface area contributed by atoms with Crippen molar-refractivity contribution < 1.29 is 4.74 Å². The van der Waals surface area contributed by atoms with Crippen LogP contribution in [0.5, 0.6) is 0 Å². The molecule has 148 valence electrons. The number of H-pyrrole nitrogens is 1. The van der Waals surface area contributed by atoms with Crippen molar-refractivity contribution in [3.05, 3.63) is 18.2 Å². The number of morpholine rings is 1. The number of nitrogens with two attached hydrogens (primary N) is 1. The maximum atomic E-state index is 6.00. The standard InChI is InChI=1S/C19H26N8O/c1-4-12-10-28-6-5-27(12)16-9-13(23-19(22-3)24-16)11-7-14(21-2)17-15(8-11)25-26-18(17)20/h7-9,12,21H,4-6,10H2,1-3H3,(H3,20,25,26)(H,22,23,24)/t12-/m1/s1. The first kappa shape index (κ1) is 18.3. The van der Waals surface area contributed by atoms with E-state index in [0.29, 0.717) is 31.0 Å². The maximum Gasteiger partial charge on any atom is 0.224 e. The molecule has 0 radical (unpaired) electrons. The molecule has 2 aromatic heterocycles. The van der Waals surface area contributed by atoms with Gasteiger partial charge in [0, 0.05) is 38.0 Å². The molecule has 1 aromatic carbocycles. The summed E-state index contributed by atoms with van der Waals surface area (Å²) >= 11 is 0. The number of hydrogen-bond acceptors (Lipinski definition) is 8. The molecule has 0 saturated carbocycles. The summed E-state index contributed by atoms with van der Waals surface area (Å²) in [7, 11) is 3.70. The smallest absolute Gasteiger partial charge is 0.224 e. The van der Waals surface area contributed by atoms with Gasteiger partial charge >= 0.3 is 0 Å². The van der Waals surface area contributed by atoms with Gasteiger partial charge in [0.25, 0.3) is 0 Å². The number of nitrogens with zero attached hydrogens (tertiary/aromatic N) is 4. The molecule has 0 bridgehead atoms. The van der Waals surface area contributed by atoms with Crippen LogP contribution in [0.25, 0.3) is 22.2 Å². The lowest BCUT2D eigenvalue weighted by molar-refractivity contribution is 0.0926. The van der Waals surface area contributed by atoms with Crippen LogP contribution >= 0.6 is 0 Å². The van der Waals surface area contributed by atoms with E-state index in [1.54, 1.807) is 0 Å². The zero-order chi connectivity index (χ0) is 19.7. The van der Waals surface area contributed by atoms with Crippen LogP contribution in [-0.2, 0) is 4.74 Å². The summed E-state index contributed by atoms with van der Waals surface area (Å²) in [5, 5.41) is 14.3. The molecule has 4 rings (SSSR count). The molecule has 1 aliphatic heterocycles. The average molecular weight is 382 g/mol. The summed E-state index contributed by atoms with van der Waals surface area (Å²) in [6.07, 6.45) is 0.998. The van der Waals surface area contributed by atoms with Crippen molar-refractivity contribution >= 4 is 34.2 Å². The minimum Gasteiger partial charge on any atom is -0.387 e. The molecule has 1 saturated heterocycles. The summed E-state index contributed by atoms with van der Waals surface area (Å²) < 4.78 is 5.65. The van der Waals surface area contributed by atoms with Crippen molar-refractivity contribution in [1.29, 1.82) is 0 Å². The number of aromatic amines is 1. The van der Waals surface area contributed by atoms with E-state index >= 15 is 0 Å². The Balaban J connectivity index is 1.82. The van der Waals surface area contributed by atoms with Crippen molar-refractivity contribution in [2.24, 2.45) is 0 Å². The number of ether oxygens (including phenoxy) is 1. The van der Waals surface area contributed by atoms with Crippen molar-refractivity contribution in [1.82, 2.24) is 20.2 Å². The Morgan fingerprint density at radius 1 is 1.25 bits per heavy atom. The Morgan fingerprint density at radius 2 is 2.11 bits per heavy atom. The first-order valence-corrected chi connectivity index (χ1v) is 9.51. The number of rotatable bonds is 5. The predicted octanol–water partition coefficient (Wildman–Crippen LogP) is 2.30. The molecule has 0 aliphatic carbocycles. The molecule has 5 N–H and O–H groups in total. The van der Waals surface area contributed by atoms with Gasteiger partial charge < -0.3 is 26.0 Å². The highest BCUT2D eigenvalue weighted by molar-refractivity contribution is 6.02. The van der Waals surface area contributed by atoms with E-state index < -0.39 is 0 Å². The summed E-state index contributed by atoms with van der Waals surface area (Å²) in [4.78, 5) is 11.7. The third-order valence-electron chi connectivity index (χ3n) is 5.19. The van der Waals surface area contributed by atoms with E-state index in [-0.39, 0.29) is 0 Å². The summed E-state index contributed by atoms with van der Waals surface area (Å²) in [5.74, 6) is 1.97.